The molecule has 106 valence electrons. The van der Waals surface area contributed by atoms with Crippen molar-refractivity contribution in [1.82, 2.24) is 0 Å². The van der Waals surface area contributed by atoms with Crippen LogP contribution in [0.1, 0.15) is 5.56 Å². The van der Waals surface area contributed by atoms with Gasteiger partial charge in [0.05, 0.1) is 18.5 Å². The Bertz CT molecular complexity index is 584. The van der Waals surface area contributed by atoms with E-state index in [1.807, 2.05) is 43.3 Å². The third kappa shape index (κ3) is 3.20. The van der Waals surface area contributed by atoms with Gasteiger partial charge in [-0.05, 0) is 18.2 Å². The van der Waals surface area contributed by atoms with E-state index in [-0.39, 0.29) is 5.82 Å². The van der Waals surface area contributed by atoms with Crippen molar-refractivity contribution in [3.05, 3.63) is 53.8 Å². The maximum Gasteiger partial charge on any atom is 0.131 e. The van der Waals surface area contributed by atoms with Crippen LogP contribution in [0.4, 0.5) is 15.8 Å². The zero-order chi connectivity index (χ0) is 14.5. The van der Waals surface area contributed by atoms with Gasteiger partial charge in [-0.25, -0.2) is 4.39 Å². The zero-order valence-electron chi connectivity index (χ0n) is 12.0. The van der Waals surface area contributed by atoms with E-state index < -0.39 is 0 Å². The number of anilines is 2. The van der Waals surface area contributed by atoms with Crippen LogP contribution in [-0.2, 0) is 6.54 Å². The summed E-state index contributed by atoms with van der Waals surface area (Å²) in [5, 5.41) is 3.27. The van der Waals surface area contributed by atoms with Crippen molar-refractivity contribution >= 4 is 11.4 Å². The average molecular weight is 274 g/mol. The van der Waals surface area contributed by atoms with Crippen LogP contribution in [0.5, 0.6) is 5.75 Å². The summed E-state index contributed by atoms with van der Waals surface area (Å²) in [5.74, 6) is 0.263. The molecular formula is C16H19FN2O. The van der Waals surface area contributed by atoms with Crippen molar-refractivity contribution in [2.75, 3.05) is 31.4 Å². The van der Waals surface area contributed by atoms with Gasteiger partial charge in [0.2, 0.25) is 0 Å². The van der Waals surface area contributed by atoms with Gasteiger partial charge in [-0.1, -0.05) is 18.2 Å². The quantitative estimate of drug-likeness (QED) is 0.903. The highest BCUT2D eigenvalue weighted by atomic mass is 19.1. The fourth-order valence-electron chi connectivity index (χ4n) is 2.00. The lowest BCUT2D eigenvalue weighted by molar-refractivity contribution is 0.411. The summed E-state index contributed by atoms with van der Waals surface area (Å²) in [4.78, 5) is 2.02. The molecule has 0 atom stereocenters. The smallest absolute Gasteiger partial charge is 0.131 e. The average Bonchev–Trinajstić information content (AvgIpc) is 2.46. The minimum absolute atomic E-state index is 0.265. The van der Waals surface area contributed by atoms with Crippen LogP contribution in [0.2, 0.25) is 0 Å². The summed E-state index contributed by atoms with van der Waals surface area (Å²) in [6, 6.07) is 12.8. The number of methoxy groups -OCH3 is 1. The highest BCUT2D eigenvalue weighted by molar-refractivity contribution is 5.69. The Balaban J connectivity index is 2.13. The molecule has 0 amide bonds. The maximum atomic E-state index is 13.9. The predicted molar refractivity (Wildman–Crippen MR) is 81.0 cm³/mol. The summed E-state index contributed by atoms with van der Waals surface area (Å²) in [6.45, 7) is 0.431. The van der Waals surface area contributed by atoms with Gasteiger partial charge < -0.3 is 15.0 Å². The molecule has 0 saturated carbocycles. The summed E-state index contributed by atoms with van der Waals surface area (Å²) < 4.78 is 18.9. The molecule has 0 heterocycles. The van der Waals surface area contributed by atoms with Crippen LogP contribution >= 0.6 is 0 Å². The Hall–Kier alpha value is -2.23. The third-order valence-electron chi connectivity index (χ3n) is 3.12. The highest BCUT2D eigenvalue weighted by Crippen LogP contribution is 2.25. The largest absolute Gasteiger partial charge is 0.497 e. The number of nitrogens with one attached hydrogen (secondary N) is 1. The van der Waals surface area contributed by atoms with Gasteiger partial charge in [0.15, 0.2) is 0 Å². The number of hydrogen-bond donors (Lipinski definition) is 1. The lowest BCUT2D eigenvalue weighted by Crippen LogP contribution is -2.12. The fraction of sp³-hybridized carbons (Fsp3) is 0.250. The van der Waals surface area contributed by atoms with Crippen LogP contribution in [0, 0.1) is 5.82 Å². The molecule has 2 aromatic rings. The lowest BCUT2D eigenvalue weighted by atomic mass is 10.2. The van der Waals surface area contributed by atoms with E-state index >= 15 is 0 Å². The van der Waals surface area contributed by atoms with Crippen molar-refractivity contribution in [2.24, 2.45) is 0 Å². The van der Waals surface area contributed by atoms with E-state index in [0.29, 0.717) is 17.9 Å². The molecule has 0 aliphatic heterocycles. The fourth-order valence-corrected chi connectivity index (χ4v) is 2.00. The van der Waals surface area contributed by atoms with Crippen molar-refractivity contribution in [3.63, 3.8) is 0 Å². The normalized spacial score (nSPS) is 10.2. The van der Waals surface area contributed by atoms with Gasteiger partial charge in [-0.2, -0.15) is 0 Å². The summed E-state index contributed by atoms with van der Waals surface area (Å²) >= 11 is 0. The molecule has 0 aliphatic rings. The van der Waals surface area contributed by atoms with E-state index in [9.17, 15) is 4.39 Å². The molecule has 0 fully saturated rings. The van der Waals surface area contributed by atoms with E-state index in [0.717, 1.165) is 11.4 Å². The maximum absolute atomic E-state index is 13.9. The number of benzene rings is 2. The molecule has 0 aromatic heterocycles. The number of para-hydroxylation sites is 2. The first-order chi connectivity index (χ1) is 9.61. The lowest BCUT2D eigenvalue weighted by Gasteiger charge is -2.18. The van der Waals surface area contributed by atoms with Crippen molar-refractivity contribution in [2.45, 2.75) is 6.54 Å². The number of rotatable bonds is 5. The number of hydrogen-bond acceptors (Lipinski definition) is 3. The second kappa shape index (κ2) is 6.28. The molecule has 2 rings (SSSR count). The molecule has 0 unspecified atom stereocenters. The van der Waals surface area contributed by atoms with E-state index in [2.05, 4.69) is 5.32 Å². The van der Waals surface area contributed by atoms with Gasteiger partial charge in [0, 0.05) is 32.3 Å². The second-order valence-electron chi connectivity index (χ2n) is 4.72. The Morgan fingerprint density at radius 1 is 1.15 bits per heavy atom. The van der Waals surface area contributed by atoms with Crippen LogP contribution in [-0.4, -0.2) is 21.2 Å². The molecule has 1 N–H and O–H groups in total. The number of nitrogens with zero attached hydrogens (tertiary/aromatic N) is 1. The second-order valence-corrected chi connectivity index (χ2v) is 4.72. The predicted octanol–water partition coefficient (Wildman–Crippen LogP) is 3.51. The minimum Gasteiger partial charge on any atom is -0.497 e. The molecule has 0 bridgehead atoms. The first-order valence-electron chi connectivity index (χ1n) is 6.44. The topological polar surface area (TPSA) is 24.5 Å². The zero-order valence-corrected chi connectivity index (χ0v) is 12.0. The molecular weight excluding hydrogens is 255 g/mol. The van der Waals surface area contributed by atoms with Crippen LogP contribution in [0.3, 0.4) is 0 Å². The summed E-state index contributed by atoms with van der Waals surface area (Å²) in [7, 11) is 5.49. The van der Waals surface area contributed by atoms with Crippen molar-refractivity contribution in [1.29, 1.82) is 0 Å². The van der Waals surface area contributed by atoms with Crippen molar-refractivity contribution < 1.29 is 9.13 Å². The Kier molecular flexibility index (Phi) is 4.45. The van der Waals surface area contributed by atoms with E-state index in [1.54, 1.807) is 12.1 Å². The first kappa shape index (κ1) is 14.2. The monoisotopic (exact) mass is 274 g/mol. The molecule has 4 heteroatoms. The first-order valence-corrected chi connectivity index (χ1v) is 6.44. The van der Waals surface area contributed by atoms with Crippen LogP contribution in [0.25, 0.3) is 0 Å². The molecule has 20 heavy (non-hydrogen) atoms. The van der Waals surface area contributed by atoms with E-state index in [1.165, 1.54) is 13.2 Å². The molecule has 0 aliphatic carbocycles. The van der Waals surface area contributed by atoms with Gasteiger partial charge in [-0.3, -0.25) is 0 Å². The number of ether oxygens (including phenoxy) is 1. The summed E-state index contributed by atoms with van der Waals surface area (Å²) in [6.07, 6.45) is 0. The summed E-state index contributed by atoms with van der Waals surface area (Å²) in [5.41, 5.74) is 2.66. The standard InChI is InChI=1S/C16H19FN2O/c1-19(2)16-7-5-4-6-15(16)18-11-12-8-9-13(20-3)10-14(12)17/h4-10,18H,11H2,1-3H3. The van der Waals surface area contributed by atoms with Crippen molar-refractivity contribution in [3.8, 4) is 5.75 Å². The molecule has 0 saturated heterocycles. The van der Waals surface area contributed by atoms with Gasteiger partial charge in [0.25, 0.3) is 0 Å². The minimum atomic E-state index is -0.265. The van der Waals surface area contributed by atoms with Gasteiger partial charge >= 0.3 is 0 Å². The SMILES string of the molecule is COc1ccc(CNc2ccccc2N(C)C)c(F)c1. The van der Waals surface area contributed by atoms with Crippen LogP contribution < -0.4 is 15.0 Å². The van der Waals surface area contributed by atoms with Gasteiger partial charge in [-0.15, -0.1) is 0 Å². The van der Waals surface area contributed by atoms with Crippen LogP contribution in [0.15, 0.2) is 42.5 Å². The molecule has 0 spiro atoms. The third-order valence-corrected chi connectivity index (χ3v) is 3.12. The highest BCUT2D eigenvalue weighted by Gasteiger charge is 2.06. The Morgan fingerprint density at radius 3 is 2.55 bits per heavy atom. The number of halogens is 1. The molecule has 0 radical (unpaired) electrons. The Labute approximate surface area is 119 Å². The molecule has 2 aromatic carbocycles. The Morgan fingerprint density at radius 2 is 1.90 bits per heavy atom. The van der Waals surface area contributed by atoms with Gasteiger partial charge in [0.1, 0.15) is 11.6 Å². The van der Waals surface area contributed by atoms with E-state index in [4.69, 9.17) is 4.74 Å². The molecule has 3 nitrogen and oxygen atoms in total.